The van der Waals surface area contributed by atoms with E-state index in [4.69, 9.17) is 5.73 Å². The molecule has 3 N–H and O–H groups in total. The van der Waals surface area contributed by atoms with Gasteiger partial charge in [0, 0.05) is 17.5 Å². The number of nitrogens with one attached hydrogen (secondary N) is 1. The summed E-state index contributed by atoms with van der Waals surface area (Å²) in [6.45, 7) is 4.46. The minimum Gasteiger partial charge on any atom is -0.350 e. The second-order valence-corrected chi connectivity index (χ2v) is 6.49. The molecular weight excluding hydrogens is 286 g/mol. The average Bonchev–Trinajstić information content (AvgIpc) is 3.05. The molecule has 2 amide bonds. The third kappa shape index (κ3) is 2.31. The summed E-state index contributed by atoms with van der Waals surface area (Å²) in [6, 6.07) is 20.3. The Labute approximate surface area is 136 Å². The molecular formula is C19H21N3O. The molecule has 1 fully saturated rings. The van der Waals surface area contributed by atoms with Crippen molar-refractivity contribution in [2.24, 2.45) is 22.2 Å². The number of urea groups is 1. The number of rotatable bonds is 4. The van der Waals surface area contributed by atoms with E-state index in [1.54, 1.807) is 0 Å². The van der Waals surface area contributed by atoms with Crippen LogP contribution in [0.15, 0.2) is 65.8 Å². The third-order valence-electron chi connectivity index (χ3n) is 5.03. The van der Waals surface area contributed by atoms with Gasteiger partial charge in [0.25, 0.3) is 0 Å². The van der Waals surface area contributed by atoms with Gasteiger partial charge in [0.05, 0.1) is 0 Å². The first-order valence-corrected chi connectivity index (χ1v) is 7.71. The largest absolute Gasteiger partial charge is 0.350 e. The lowest BCUT2D eigenvalue weighted by molar-refractivity contribution is 0.249. The van der Waals surface area contributed by atoms with E-state index in [9.17, 15) is 4.79 Å². The zero-order valence-corrected chi connectivity index (χ0v) is 13.4. The van der Waals surface area contributed by atoms with E-state index in [-0.39, 0.29) is 16.7 Å². The summed E-state index contributed by atoms with van der Waals surface area (Å²) in [7, 11) is 0. The van der Waals surface area contributed by atoms with Crippen LogP contribution < -0.4 is 11.2 Å². The lowest BCUT2D eigenvalue weighted by Gasteiger charge is -2.22. The molecule has 0 bridgehead atoms. The van der Waals surface area contributed by atoms with Crippen molar-refractivity contribution in [1.29, 1.82) is 0 Å². The summed E-state index contributed by atoms with van der Waals surface area (Å²) in [6.07, 6.45) is 1.81. The monoisotopic (exact) mass is 307 g/mol. The molecule has 0 aliphatic heterocycles. The van der Waals surface area contributed by atoms with Crippen molar-refractivity contribution in [2.45, 2.75) is 19.3 Å². The number of carbonyl (C=O) groups is 1. The summed E-state index contributed by atoms with van der Waals surface area (Å²) in [5.74, 6) is 0.173. The first kappa shape index (κ1) is 15.3. The number of hydrogen-bond donors (Lipinski definition) is 2. The van der Waals surface area contributed by atoms with Gasteiger partial charge in [-0.2, -0.15) is 5.10 Å². The Balaban J connectivity index is 2.08. The molecule has 1 unspecified atom stereocenters. The highest BCUT2D eigenvalue weighted by molar-refractivity contribution is 5.78. The number of benzene rings is 2. The van der Waals surface area contributed by atoms with Crippen LogP contribution in [0.4, 0.5) is 4.79 Å². The molecule has 118 valence electrons. The van der Waals surface area contributed by atoms with Crippen molar-refractivity contribution in [3.8, 4) is 0 Å². The van der Waals surface area contributed by atoms with Crippen LogP contribution in [-0.4, -0.2) is 12.2 Å². The Kier molecular flexibility index (Phi) is 3.68. The van der Waals surface area contributed by atoms with Crippen molar-refractivity contribution in [3.05, 3.63) is 71.8 Å². The minimum atomic E-state index is -0.648. The molecule has 1 saturated carbocycles. The smallest absolute Gasteiger partial charge is 0.332 e. The Bertz CT molecular complexity index is 683. The van der Waals surface area contributed by atoms with E-state index >= 15 is 0 Å². The molecule has 1 atom stereocenters. The van der Waals surface area contributed by atoms with Crippen LogP contribution >= 0.6 is 0 Å². The molecule has 1 aliphatic rings. The van der Waals surface area contributed by atoms with Gasteiger partial charge < -0.3 is 5.73 Å². The average molecular weight is 307 g/mol. The zero-order chi connectivity index (χ0) is 16.5. The highest BCUT2D eigenvalue weighted by atomic mass is 16.2. The maximum absolute atomic E-state index is 10.9. The number of nitrogens with two attached hydrogens (primary N) is 1. The van der Waals surface area contributed by atoms with E-state index < -0.39 is 6.03 Å². The summed E-state index contributed by atoms with van der Waals surface area (Å²) < 4.78 is 0. The molecule has 1 aliphatic carbocycles. The van der Waals surface area contributed by atoms with Crippen LogP contribution in [0.3, 0.4) is 0 Å². The Hall–Kier alpha value is -2.62. The second kappa shape index (κ2) is 5.54. The predicted molar refractivity (Wildman–Crippen MR) is 92.1 cm³/mol. The summed E-state index contributed by atoms with van der Waals surface area (Å²) >= 11 is 0. The molecule has 0 aromatic heterocycles. The van der Waals surface area contributed by atoms with E-state index in [1.165, 1.54) is 11.1 Å². The fraction of sp³-hybridized carbons (Fsp3) is 0.263. The Morgan fingerprint density at radius 2 is 1.52 bits per heavy atom. The van der Waals surface area contributed by atoms with Gasteiger partial charge in [0.15, 0.2) is 0 Å². The van der Waals surface area contributed by atoms with Crippen molar-refractivity contribution >= 4 is 12.2 Å². The van der Waals surface area contributed by atoms with E-state index in [0.29, 0.717) is 0 Å². The first-order chi connectivity index (χ1) is 11.0. The predicted octanol–water partition coefficient (Wildman–Crippen LogP) is 3.28. The lowest BCUT2D eigenvalue weighted by Crippen LogP contribution is -2.24. The Morgan fingerprint density at radius 1 is 1.04 bits per heavy atom. The van der Waals surface area contributed by atoms with Gasteiger partial charge in [0.2, 0.25) is 0 Å². The van der Waals surface area contributed by atoms with Crippen LogP contribution in [0.2, 0.25) is 0 Å². The summed E-state index contributed by atoms with van der Waals surface area (Å²) in [5.41, 5.74) is 9.74. The number of amides is 2. The standard InChI is InChI=1S/C19H21N3O/c1-18(2)16(13-21-22-17(20)23)19(18,14-9-5-3-6-10-14)15-11-7-4-8-12-15/h3-13,16H,1-2H3,(H3,20,22,23)/b21-13-. The van der Waals surface area contributed by atoms with Crippen LogP contribution in [0.5, 0.6) is 0 Å². The molecule has 3 rings (SSSR count). The van der Waals surface area contributed by atoms with Crippen molar-refractivity contribution in [1.82, 2.24) is 5.43 Å². The molecule has 0 saturated heterocycles. The van der Waals surface area contributed by atoms with Gasteiger partial charge >= 0.3 is 6.03 Å². The highest BCUT2D eigenvalue weighted by Crippen LogP contribution is 2.71. The normalized spacial score (nSPS) is 21.0. The topological polar surface area (TPSA) is 67.5 Å². The first-order valence-electron chi connectivity index (χ1n) is 7.71. The second-order valence-electron chi connectivity index (χ2n) is 6.49. The third-order valence-corrected chi connectivity index (χ3v) is 5.03. The van der Waals surface area contributed by atoms with E-state index in [0.717, 1.165) is 0 Å². The maximum Gasteiger partial charge on any atom is 0.332 e. The molecule has 4 heteroatoms. The van der Waals surface area contributed by atoms with Crippen LogP contribution in [-0.2, 0) is 5.41 Å². The number of hydrazone groups is 1. The number of nitrogens with zero attached hydrogens (tertiary/aromatic N) is 1. The van der Waals surface area contributed by atoms with Crippen LogP contribution in [0, 0.1) is 11.3 Å². The van der Waals surface area contributed by atoms with Gasteiger partial charge in [-0.15, -0.1) is 0 Å². The SMILES string of the molecule is CC1(C)C(/C=N\NC(N)=O)C1(c1ccccc1)c1ccccc1. The molecule has 2 aromatic carbocycles. The molecule has 0 radical (unpaired) electrons. The highest BCUT2D eigenvalue weighted by Gasteiger charge is 2.71. The van der Waals surface area contributed by atoms with Crippen LogP contribution in [0.1, 0.15) is 25.0 Å². The number of carbonyl (C=O) groups excluding carboxylic acids is 1. The molecule has 2 aromatic rings. The summed E-state index contributed by atoms with van der Waals surface area (Å²) in [5, 5.41) is 4.03. The van der Waals surface area contributed by atoms with Crippen LogP contribution in [0.25, 0.3) is 0 Å². The molecule has 23 heavy (non-hydrogen) atoms. The van der Waals surface area contributed by atoms with Gasteiger partial charge in [0.1, 0.15) is 0 Å². The Morgan fingerprint density at radius 3 is 1.96 bits per heavy atom. The fourth-order valence-electron chi connectivity index (χ4n) is 3.95. The van der Waals surface area contributed by atoms with Gasteiger partial charge in [-0.3, -0.25) is 0 Å². The molecule has 0 heterocycles. The summed E-state index contributed by atoms with van der Waals surface area (Å²) in [4.78, 5) is 10.9. The molecule has 0 spiro atoms. The van der Waals surface area contributed by atoms with E-state index in [2.05, 4.69) is 72.9 Å². The van der Waals surface area contributed by atoms with Crippen molar-refractivity contribution < 1.29 is 4.79 Å². The number of hydrogen-bond acceptors (Lipinski definition) is 2. The van der Waals surface area contributed by atoms with Crippen molar-refractivity contribution in [2.75, 3.05) is 0 Å². The minimum absolute atomic E-state index is 0.0153. The fourth-order valence-corrected chi connectivity index (χ4v) is 3.95. The quantitative estimate of drug-likeness (QED) is 0.660. The van der Waals surface area contributed by atoms with Gasteiger partial charge in [-0.05, 0) is 16.5 Å². The van der Waals surface area contributed by atoms with Gasteiger partial charge in [-0.1, -0.05) is 74.5 Å². The zero-order valence-electron chi connectivity index (χ0n) is 13.4. The number of primary amides is 1. The van der Waals surface area contributed by atoms with Gasteiger partial charge in [-0.25, -0.2) is 10.2 Å². The maximum atomic E-state index is 10.9. The lowest BCUT2D eigenvalue weighted by atomic mass is 9.81. The van der Waals surface area contributed by atoms with Crippen molar-refractivity contribution in [3.63, 3.8) is 0 Å². The molecule has 4 nitrogen and oxygen atoms in total. The van der Waals surface area contributed by atoms with E-state index in [1.807, 2.05) is 18.3 Å².